The minimum atomic E-state index is 0.728. The third kappa shape index (κ3) is 4.92. The Morgan fingerprint density at radius 2 is 2.06 bits per heavy atom. The minimum Gasteiger partial charge on any atom is -0.378 e. The number of aromatic nitrogens is 1. The molecule has 0 aromatic carbocycles. The molecule has 0 saturated carbocycles. The monoisotopic (exact) mass is 243 g/mol. The van der Waals surface area contributed by atoms with Crippen LogP contribution in [0.4, 0.5) is 5.13 Å². The summed E-state index contributed by atoms with van der Waals surface area (Å²) >= 11 is 1.70. The second kappa shape index (κ2) is 6.83. The fourth-order valence-electron chi connectivity index (χ4n) is 1.13. The number of hydrogen-bond acceptors (Lipinski definition) is 5. The quantitative estimate of drug-likeness (QED) is 0.740. The van der Waals surface area contributed by atoms with Gasteiger partial charge in [0.25, 0.3) is 0 Å². The van der Waals surface area contributed by atoms with E-state index in [9.17, 15) is 0 Å². The van der Waals surface area contributed by atoms with Crippen LogP contribution in [0.5, 0.6) is 0 Å². The van der Waals surface area contributed by atoms with Crippen LogP contribution in [0.25, 0.3) is 0 Å². The van der Waals surface area contributed by atoms with Gasteiger partial charge in [-0.05, 0) is 27.9 Å². The third-order valence-corrected chi connectivity index (χ3v) is 3.26. The van der Waals surface area contributed by atoms with Gasteiger partial charge in [0.1, 0.15) is 0 Å². The molecule has 1 aromatic rings. The molecule has 0 bridgehead atoms. The van der Waals surface area contributed by atoms with Crippen LogP contribution in [-0.2, 0) is 4.74 Å². The average molecular weight is 243 g/mol. The third-order valence-electron chi connectivity index (χ3n) is 2.23. The largest absolute Gasteiger partial charge is 0.378 e. The molecule has 0 aliphatic rings. The predicted molar refractivity (Wildman–Crippen MR) is 69.5 cm³/mol. The van der Waals surface area contributed by atoms with Gasteiger partial charge in [-0.25, -0.2) is 4.98 Å². The first kappa shape index (κ1) is 13.4. The summed E-state index contributed by atoms with van der Waals surface area (Å²) in [7, 11) is 4.09. The number of anilines is 1. The van der Waals surface area contributed by atoms with E-state index < -0.39 is 0 Å². The Labute approximate surface area is 102 Å². The minimum absolute atomic E-state index is 0.728. The molecule has 0 spiro atoms. The number of nitrogens with one attached hydrogen (secondary N) is 1. The van der Waals surface area contributed by atoms with E-state index in [4.69, 9.17) is 4.74 Å². The second-order valence-corrected chi connectivity index (χ2v) is 5.21. The van der Waals surface area contributed by atoms with E-state index in [2.05, 4.69) is 22.1 Å². The number of thiazole rings is 1. The van der Waals surface area contributed by atoms with E-state index in [1.807, 2.05) is 21.0 Å². The van der Waals surface area contributed by atoms with Crippen LogP contribution in [0.3, 0.4) is 0 Å². The lowest BCUT2D eigenvalue weighted by atomic mass is 10.4. The topological polar surface area (TPSA) is 37.4 Å². The Bertz CT molecular complexity index is 293. The molecule has 5 heteroatoms. The maximum atomic E-state index is 5.48. The van der Waals surface area contributed by atoms with Crippen LogP contribution >= 0.6 is 11.3 Å². The van der Waals surface area contributed by atoms with Crippen molar-refractivity contribution in [2.45, 2.75) is 13.8 Å². The van der Waals surface area contributed by atoms with Gasteiger partial charge >= 0.3 is 0 Å². The smallest absolute Gasteiger partial charge is 0.183 e. The Balaban J connectivity index is 2.07. The lowest BCUT2D eigenvalue weighted by Crippen LogP contribution is -2.19. The van der Waals surface area contributed by atoms with Gasteiger partial charge in [0.15, 0.2) is 5.13 Å². The van der Waals surface area contributed by atoms with Crippen LogP contribution in [0.1, 0.15) is 10.6 Å². The lowest BCUT2D eigenvalue weighted by molar-refractivity contribution is 0.126. The number of hydrogen-bond donors (Lipinski definition) is 1. The Kier molecular flexibility index (Phi) is 5.73. The predicted octanol–water partition coefficient (Wildman–Crippen LogP) is 1.75. The van der Waals surface area contributed by atoms with Crippen LogP contribution in [0.15, 0.2) is 0 Å². The van der Waals surface area contributed by atoms with Crippen LogP contribution < -0.4 is 5.32 Å². The number of ether oxygens (including phenoxy) is 1. The number of nitrogens with zero attached hydrogens (tertiary/aromatic N) is 2. The van der Waals surface area contributed by atoms with E-state index in [-0.39, 0.29) is 0 Å². The van der Waals surface area contributed by atoms with Crippen molar-refractivity contribution in [3.8, 4) is 0 Å². The molecule has 0 atom stereocenters. The maximum absolute atomic E-state index is 5.48. The van der Waals surface area contributed by atoms with Gasteiger partial charge in [-0.2, -0.15) is 0 Å². The molecule has 0 fully saturated rings. The van der Waals surface area contributed by atoms with E-state index in [1.54, 1.807) is 11.3 Å². The summed E-state index contributed by atoms with van der Waals surface area (Å²) in [5.74, 6) is 0. The zero-order chi connectivity index (χ0) is 12.0. The maximum Gasteiger partial charge on any atom is 0.183 e. The summed E-state index contributed by atoms with van der Waals surface area (Å²) in [4.78, 5) is 7.79. The van der Waals surface area contributed by atoms with Crippen molar-refractivity contribution < 1.29 is 4.74 Å². The highest BCUT2D eigenvalue weighted by Crippen LogP contribution is 2.20. The van der Waals surface area contributed by atoms with Crippen molar-refractivity contribution in [3.05, 3.63) is 10.6 Å². The van der Waals surface area contributed by atoms with Crippen molar-refractivity contribution in [3.63, 3.8) is 0 Å². The molecule has 0 unspecified atom stereocenters. The second-order valence-electron chi connectivity index (χ2n) is 4.00. The summed E-state index contributed by atoms with van der Waals surface area (Å²) in [6.45, 7) is 7.42. The number of likely N-dealkylation sites (N-methyl/N-ethyl adjacent to an activating group) is 1. The van der Waals surface area contributed by atoms with Gasteiger partial charge in [-0.3, -0.25) is 0 Å². The molecular weight excluding hydrogens is 222 g/mol. The normalized spacial score (nSPS) is 11.1. The molecule has 0 radical (unpaired) electrons. The van der Waals surface area contributed by atoms with Crippen molar-refractivity contribution in [2.75, 3.05) is 45.7 Å². The number of rotatable bonds is 7. The standard InChI is InChI=1S/C11H21N3OS/c1-9-10(2)16-11(13-9)12-5-7-15-8-6-14(3)4/h5-8H2,1-4H3,(H,12,13). The lowest BCUT2D eigenvalue weighted by Gasteiger charge is -2.09. The SMILES string of the molecule is Cc1nc(NCCOCCN(C)C)sc1C. The van der Waals surface area contributed by atoms with Gasteiger partial charge in [-0.1, -0.05) is 0 Å². The highest BCUT2D eigenvalue weighted by atomic mass is 32.1. The van der Waals surface area contributed by atoms with Crippen molar-refractivity contribution >= 4 is 16.5 Å². The van der Waals surface area contributed by atoms with Crippen LogP contribution in [-0.4, -0.2) is 50.3 Å². The molecule has 0 aliphatic heterocycles. The molecule has 0 aliphatic carbocycles. The fraction of sp³-hybridized carbons (Fsp3) is 0.727. The summed E-state index contributed by atoms with van der Waals surface area (Å²) in [6, 6.07) is 0. The van der Waals surface area contributed by atoms with Gasteiger partial charge in [0, 0.05) is 18.0 Å². The van der Waals surface area contributed by atoms with Crippen molar-refractivity contribution in [2.24, 2.45) is 0 Å². The first-order valence-electron chi connectivity index (χ1n) is 5.50. The summed E-state index contributed by atoms with van der Waals surface area (Å²) in [5, 5.41) is 4.26. The molecule has 1 N–H and O–H groups in total. The van der Waals surface area contributed by atoms with Gasteiger partial charge < -0.3 is 15.0 Å². The molecule has 0 saturated heterocycles. The summed E-state index contributed by atoms with van der Waals surface area (Å²) < 4.78 is 5.48. The molecule has 1 heterocycles. The van der Waals surface area contributed by atoms with E-state index in [0.717, 1.165) is 37.1 Å². The Morgan fingerprint density at radius 1 is 1.31 bits per heavy atom. The first-order valence-corrected chi connectivity index (χ1v) is 6.31. The van der Waals surface area contributed by atoms with E-state index in [1.165, 1.54) is 4.88 Å². The zero-order valence-electron chi connectivity index (χ0n) is 10.5. The molecule has 0 amide bonds. The summed E-state index contributed by atoms with van der Waals surface area (Å²) in [5.41, 5.74) is 1.11. The molecule has 4 nitrogen and oxygen atoms in total. The average Bonchev–Trinajstić information content (AvgIpc) is 2.52. The highest BCUT2D eigenvalue weighted by molar-refractivity contribution is 7.15. The zero-order valence-corrected chi connectivity index (χ0v) is 11.4. The van der Waals surface area contributed by atoms with Crippen molar-refractivity contribution in [1.29, 1.82) is 0 Å². The van der Waals surface area contributed by atoms with Crippen LogP contribution in [0, 0.1) is 13.8 Å². The Morgan fingerprint density at radius 3 is 2.62 bits per heavy atom. The first-order chi connectivity index (χ1) is 7.59. The molecule has 92 valence electrons. The van der Waals surface area contributed by atoms with Gasteiger partial charge in [0.2, 0.25) is 0 Å². The van der Waals surface area contributed by atoms with Gasteiger partial charge in [-0.15, -0.1) is 11.3 Å². The molecule has 1 rings (SSSR count). The molecule has 16 heavy (non-hydrogen) atoms. The molecule has 1 aromatic heterocycles. The van der Waals surface area contributed by atoms with Crippen molar-refractivity contribution in [1.82, 2.24) is 9.88 Å². The molecular formula is C11H21N3OS. The highest BCUT2D eigenvalue weighted by Gasteiger charge is 2.01. The van der Waals surface area contributed by atoms with Crippen LogP contribution in [0.2, 0.25) is 0 Å². The number of aryl methyl sites for hydroxylation is 2. The summed E-state index contributed by atoms with van der Waals surface area (Å²) in [6.07, 6.45) is 0. The van der Waals surface area contributed by atoms with E-state index in [0.29, 0.717) is 0 Å². The van der Waals surface area contributed by atoms with Gasteiger partial charge in [0.05, 0.1) is 18.9 Å². The van der Waals surface area contributed by atoms with E-state index >= 15 is 0 Å². The fourth-order valence-corrected chi connectivity index (χ4v) is 1.97. The Hall–Kier alpha value is -0.650.